The van der Waals surface area contributed by atoms with Gasteiger partial charge in [-0.3, -0.25) is 9.52 Å². The minimum atomic E-state index is -3.75. The summed E-state index contributed by atoms with van der Waals surface area (Å²) in [5.74, 6) is 0.155. The molecule has 3 rings (SSSR count). The summed E-state index contributed by atoms with van der Waals surface area (Å²) in [5.41, 5.74) is 1.21. The minimum Gasteiger partial charge on any atom is -0.365 e. The van der Waals surface area contributed by atoms with Crippen molar-refractivity contribution in [3.05, 3.63) is 53.9 Å². The second-order valence-electron chi connectivity index (χ2n) is 6.19. The zero-order chi connectivity index (χ0) is 16.6. The Morgan fingerprint density at radius 1 is 1.22 bits per heavy atom. The van der Waals surface area contributed by atoms with Crippen LogP contribution in [0.15, 0.2) is 53.2 Å². The molecule has 1 atom stereocenters. The number of fused-ring (bicyclic) bond motifs is 1. The van der Waals surface area contributed by atoms with Crippen molar-refractivity contribution in [1.29, 1.82) is 0 Å². The summed E-state index contributed by atoms with van der Waals surface area (Å²) in [7, 11) is -3.75. The second kappa shape index (κ2) is 5.85. The van der Waals surface area contributed by atoms with Gasteiger partial charge in [0.05, 0.1) is 10.9 Å². The van der Waals surface area contributed by atoms with Crippen molar-refractivity contribution in [3.63, 3.8) is 0 Å². The molecule has 122 valence electrons. The van der Waals surface area contributed by atoms with Crippen LogP contribution in [0, 0.1) is 0 Å². The van der Waals surface area contributed by atoms with Crippen LogP contribution in [0.5, 0.6) is 0 Å². The fourth-order valence-electron chi connectivity index (χ4n) is 2.78. The van der Waals surface area contributed by atoms with Gasteiger partial charge in [0.2, 0.25) is 0 Å². The Kier molecular flexibility index (Phi) is 4.02. The first-order valence-corrected chi connectivity index (χ1v) is 9.15. The summed E-state index contributed by atoms with van der Waals surface area (Å²) in [6.07, 6.45) is 5.87. The molecule has 0 amide bonds. The van der Waals surface area contributed by atoms with Crippen molar-refractivity contribution in [3.8, 4) is 0 Å². The summed E-state index contributed by atoms with van der Waals surface area (Å²) in [6, 6.07) is 6.81. The maximum atomic E-state index is 12.5. The monoisotopic (exact) mass is 332 g/mol. The molecule has 2 aliphatic heterocycles. The van der Waals surface area contributed by atoms with E-state index in [1.807, 2.05) is 30.9 Å². The zero-order valence-electron chi connectivity index (χ0n) is 13.2. The maximum Gasteiger partial charge on any atom is 0.262 e. The van der Waals surface area contributed by atoms with Gasteiger partial charge in [-0.2, -0.15) is 0 Å². The van der Waals surface area contributed by atoms with Crippen LogP contribution in [0.2, 0.25) is 0 Å². The van der Waals surface area contributed by atoms with Crippen LogP contribution < -0.4 is 4.72 Å². The van der Waals surface area contributed by atoms with Crippen LogP contribution in [0.3, 0.4) is 0 Å². The van der Waals surface area contributed by atoms with Gasteiger partial charge in [0.25, 0.3) is 10.0 Å². The van der Waals surface area contributed by atoms with Crippen molar-refractivity contribution in [2.75, 3.05) is 6.54 Å². The van der Waals surface area contributed by atoms with Gasteiger partial charge in [0, 0.05) is 19.2 Å². The quantitative estimate of drug-likeness (QED) is 0.858. The van der Waals surface area contributed by atoms with Gasteiger partial charge in [0.1, 0.15) is 5.70 Å². The number of nitrogens with zero attached hydrogens (tertiary/aromatic N) is 1. The summed E-state index contributed by atoms with van der Waals surface area (Å²) >= 11 is 0. The fourth-order valence-corrected chi connectivity index (χ4v) is 3.84. The number of hydrogen-bond donors (Lipinski definition) is 1. The van der Waals surface area contributed by atoms with Gasteiger partial charge in [-0.15, -0.1) is 0 Å². The lowest BCUT2D eigenvalue weighted by Gasteiger charge is -2.28. The normalized spacial score (nSPS) is 20.7. The Balaban J connectivity index is 1.82. The third kappa shape index (κ3) is 3.17. The fraction of sp³-hybridized carbons (Fsp3) is 0.353. The van der Waals surface area contributed by atoms with Crippen LogP contribution in [-0.4, -0.2) is 31.7 Å². The summed E-state index contributed by atoms with van der Waals surface area (Å²) < 4.78 is 27.4. The Labute approximate surface area is 136 Å². The van der Waals surface area contributed by atoms with Crippen molar-refractivity contribution >= 4 is 15.8 Å². The molecule has 0 spiro atoms. The molecule has 23 heavy (non-hydrogen) atoms. The highest BCUT2D eigenvalue weighted by Gasteiger charge is 2.30. The Morgan fingerprint density at radius 3 is 2.57 bits per heavy atom. The van der Waals surface area contributed by atoms with Gasteiger partial charge in [-0.1, -0.05) is 38.1 Å². The molecule has 6 heteroatoms. The largest absolute Gasteiger partial charge is 0.365 e. The molecule has 5 nitrogen and oxygen atoms in total. The van der Waals surface area contributed by atoms with Crippen LogP contribution >= 0.6 is 0 Å². The molecule has 1 aromatic rings. The summed E-state index contributed by atoms with van der Waals surface area (Å²) in [4.78, 5) is 14.3. The van der Waals surface area contributed by atoms with E-state index in [9.17, 15) is 13.2 Å². The van der Waals surface area contributed by atoms with Crippen LogP contribution in [0.1, 0.15) is 31.7 Å². The van der Waals surface area contributed by atoms with E-state index in [4.69, 9.17) is 0 Å². The van der Waals surface area contributed by atoms with Gasteiger partial charge >= 0.3 is 0 Å². The van der Waals surface area contributed by atoms with Crippen molar-refractivity contribution < 1.29 is 13.2 Å². The third-order valence-corrected chi connectivity index (χ3v) is 5.57. The number of rotatable bonds is 4. The second-order valence-corrected chi connectivity index (χ2v) is 7.87. The van der Waals surface area contributed by atoms with Crippen LogP contribution in [0.25, 0.3) is 0 Å². The van der Waals surface area contributed by atoms with Crippen LogP contribution in [-0.2, 0) is 14.8 Å². The average Bonchev–Trinajstić information content (AvgIpc) is 2.94. The highest BCUT2D eigenvalue weighted by molar-refractivity contribution is 7.89. The molecule has 0 radical (unpaired) electrons. The van der Waals surface area contributed by atoms with E-state index in [1.54, 1.807) is 30.5 Å². The smallest absolute Gasteiger partial charge is 0.262 e. The molecule has 0 aliphatic carbocycles. The molecule has 0 fully saturated rings. The first-order chi connectivity index (χ1) is 10.9. The van der Waals surface area contributed by atoms with E-state index in [0.29, 0.717) is 18.9 Å². The number of allylic oxidation sites excluding steroid dienone is 1. The number of ketones is 1. The predicted molar refractivity (Wildman–Crippen MR) is 88.2 cm³/mol. The molecule has 2 heterocycles. The van der Waals surface area contributed by atoms with E-state index >= 15 is 0 Å². The Morgan fingerprint density at radius 2 is 1.91 bits per heavy atom. The van der Waals surface area contributed by atoms with Gasteiger partial charge < -0.3 is 4.90 Å². The highest BCUT2D eigenvalue weighted by Crippen LogP contribution is 2.23. The van der Waals surface area contributed by atoms with Crippen molar-refractivity contribution in [2.24, 2.45) is 0 Å². The Hall–Kier alpha value is -2.08. The maximum absolute atomic E-state index is 12.5. The number of benzene rings is 1. The van der Waals surface area contributed by atoms with Gasteiger partial charge in [-0.25, -0.2) is 8.42 Å². The topological polar surface area (TPSA) is 66.5 Å². The minimum absolute atomic E-state index is 0.0566. The first kappa shape index (κ1) is 15.8. The molecule has 0 bridgehead atoms. The van der Waals surface area contributed by atoms with Gasteiger partial charge in [0.15, 0.2) is 5.78 Å². The molecule has 2 aliphatic rings. The number of hydrogen-bond acceptors (Lipinski definition) is 4. The van der Waals surface area contributed by atoms with Crippen molar-refractivity contribution in [2.45, 2.75) is 37.1 Å². The first-order valence-electron chi connectivity index (χ1n) is 7.67. The molecule has 0 saturated heterocycles. The lowest BCUT2D eigenvalue weighted by molar-refractivity contribution is -0.117. The van der Waals surface area contributed by atoms with E-state index in [0.717, 1.165) is 5.56 Å². The van der Waals surface area contributed by atoms with E-state index < -0.39 is 10.0 Å². The van der Waals surface area contributed by atoms with E-state index in [-0.39, 0.29) is 22.4 Å². The average molecular weight is 332 g/mol. The summed E-state index contributed by atoms with van der Waals surface area (Å²) in [6.45, 7) is 4.80. The third-order valence-electron chi connectivity index (χ3n) is 4.19. The molecule has 0 saturated carbocycles. The molecule has 1 unspecified atom stereocenters. The number of carbonyl (C=O) groups excluding carboxylic acids is 1. The molecular weight excluding hydrogens is 312 g/mol. The number of Topliss-reactive ketones (excluding diaryl/α,β-unsaturated/α-hetero) is 1. The van der Waals surface area contributed by atoms with Crippen molar-refractivity contribution in [1.82, 2.24) is 9.62 Å². The predicted octanol–water partition coefficient (Wildman–Crippen LogP) is 2.14. The van der Waals surface area contributed by atoms with Gasteiger partial charge in [-0.05, 0) is 23.6 Å². The number of nitrogens with one attached hydrogen (secondary N) is 1. The molecule has 1 N–H and O–H groups in total. The zero-order valence-corrected chi connectivity index (χ0v) is 14.0. The lowest BCUT2D eigenvalue weighted by atomic mass is 10.0. The lowest BCUT2D eigenvalue weighted by Crippen LogP contribution is -2.38. The number of sulfonamides is 1. The van der Waals surface area contributed by atoms with Crippen LogP contribution in [0.4, 0.5) is 0 Å². The highest BCUT2D eigenvalue weighted by atomic mass is 32.2. The number of carbonyl (C=O) groups is 1. The standard InChI is InChI=1S/C17H20N2O3S/c1-12(2)13-5-7-15(8-6-13)23(21,22)18-16-11-19-9-3-4-14(19)10-17(16)20/h3-8,11-12,14,18H,9-10H2,1-2H3. The Bertz CT molecular complexity index is 777. The molecule has 1 aromatic carbocycles. The molecule has 0 aromatic heterocycles. The summed E-state index contributed by atoms with van der Waals surface area (Å²) in [5, 5.41) is 0. The molecular formula is C17H20N2O3S. The SMILES string of the molecule is CC(C)c1ccc(S(=O)(=O)NC2=CN3CC=CC3CC2=O)cc1. The van der Waals surface area contributed by atoms with E-state index in [2.05, 4.69) is 4.72 Å². The van der Waals surface area contributed by atoms with E-state index in [1.165, 1.54) is 0 Å².